The molecule has 3 heterocycles. The van der Waals surface area contributed by atoms with Gasteiger partial charge in [-0.2, -0.15) is 0 Å². The van der Waals surface area contributed by atoms with Crippen LogP contribution in [0, 0.1) is 17.0 Å². The Kier molecular flexibility index (Phi) is 4.02. The van der Waals surface area contributed by atoms with E-state index in [1.165, 1.54) is 18.3 Å². The molecule has 0 aliphatic rings. The highest BCUT2D eigenvalue weighted by molar-refractivity contribution is 5.65. The summed E-state index contributed by atoms with van der Waals surface area (Å²) < 4.78 is 5.76. The van der Waals surface area contributed by atoms with Crippen molar-refractivity contribution in [2.75, 3.05) is 5.73 Å². The number of anilines is 1. The first-order chi connectivity index (χ1) is 11.5. The quantitative estimate of drug-likeness (QED) is 0.579. The first-order valence-electron chi connectivity index (χ1n) is 7.00. The zero-order valence-corrected chi connectivity index (χ0v) is 12.7. The molecule has 0 aromatic carbocycles. The van der Waals surface area contributed by atoms with Crippen LogP contribution in [-0.4, -0.2) is 19.9 Å². The molecule has 0 bridgehead atoms. The summed E-state index contributed by atoms with van der Waals surface area (Å²) in [6, 6.07) is 8.02. The highest BCUT2D eigenvalue weighted by Crippen LogP contribution is 2.31. The molecule has 24 heavy (non-hydrogen) atoms. The average molecular weight is 323 g/mol. The number of nitrogens with two attached hydrogens (primary N) is 1. The molecule has 8 nitrogen and oxygen atoms in total. The predicted molar refractivity (Wildman–Crippen MR) is 87.6 cm³/mol. The van der Waals surface area contributed by atoms with E-state index in [9.17, 15) is 10.1 Å². The van der Waals surface area contributed by atoms with Gasteiger partial charge in [-0.15, -0.1) is 0 Å². The van der Waals surface area contributed by atoms with E-state index in [1.54, 1.807) is 24.5 Å². The number of pyridine rings is 3. The van der Waals surface area contributed by atoms with E-state index in [0.717, 1.165) is 16.8 Å². The van der Waals surface area contributed by atoms with Crippen LogP contribution in [0.3, 0.4) is 0 Å². The number of hydrogen-bond acceptors (Lipinski definition) is 7. The molecule has 0 fully saturated rings. The number of hydrogen-bond donors (Lipinski definition) is 1. The largest absolute Gasteiger partial charge is 0.453 e. The van der Waals surface area contributed by atoms with Crippen LogP contribution in [0.1, 0.15) is 5.56 Å². The van der Waals surface area contributed by atoms with Crippen LogP contribution in [0.25, 0.3) is 11.3 Å². The minimum Gasteiger partial charge on any atom is -0.453 e. The third kappa shape index (κ3) is 3.12. The van der Waals surface area contributed by atoms with Crippen molar-refractivity contribution in [2.24, 2.45) is 0 Å². The van der Waals surface area contributed by atoms with Crippen LogP contribution in [0.4, 0.5) is 11.6 Å². The molecule has 3 aromatic rings. The summed E-state index contributed by atoms with van der Waals surface area (Å²) in [5, 5.41) is 10.6. The molecule has 0 atom stereocenters. The minimum atomic E-state index is -0.562. The van der Waals surface area contributed by atoms with Gasteiger partial charge in [0.25, 0.3) is 0 Å². The Balaban J connectivity index is 1.90. The topological polar surface area (TPSA) is 117 Å². The standard InChI is InChI=1S/C16H13N5O3/c1-10-13(24-12-3-5-15(20-9-12)21(22)23)6-7-18-16(10)11-2-4-14(17)19-8-11/h2-9H,1H3,(H2,17,19). The molecule has 0 amide bonds. The van der Waals surface area contributed by atoms with Crippen LogP contribution in [0.15, 0.2) is 48.9 Å². The average Bonchev–Trinajstić information content (AvgIpc) is 2.58. The fraction of sp³-hybridized carbons (Fsp3) is 0.0625. The van der Waals surface area contributed by atoms with Gasteiger partial charge in [-0.05, 0) is 41.1 Å². The Hall–Kier alpha value is -3.55. The third-order valence-electron chi connectivity index (χ3n) is 3.35. The molecule has 120 valence electrons. The zero-order chi connectivity index (χ0) is 17.1. The SMILES string of the molecule is Cc1c(Oc2ccc([N+](=O)[O-])nc2)ccnc1-c1ccc(N)nc1. The van der Waals surface area contributed by atoms with Crippen LogP contribution in [-0.2, 0) is 0 Å². The molecule has 0 saturated carbocycles. The van der Waals surface area contributed by atoms with Crippen LogP contribution in [0.2, 0.25) is 0 Å². The molecule has 3 aromatic heterocycles. The number of nitro groups is 1. The summed E-state index contributed by atoms with van der Waals surface area (Å²) >= 11 is 0. The maximum Gasteiger partial charge on any atom is 0.363 e. The highest BCUT2D eigenvalue weighted by atomic mass is 16.6. The van der Waals surface area contributed by atoms with E-state index in [1.807, 2.05) is 13.0 Å². The van der Waals surface area contributed by atoms with Gasteiger partial charge in [-0.1, -0.05) is 0 Å². The lowest BCUT2D eigenvalue weighted by Crippen LogP contribution is -1.96. The van der Waals surface area contributed by atoms with Crippen LogP contribution in [0.5, 0.6) is 11.5 Å². The Labute approximate surface area is 137 Å². The molecule has 0 aliphatic carbocycles. The molecule has 3 rings (SSSR count). The Morgan fingerprint density at radius 3 is 2.54 bits per heavy atom. The van der Waals surface area contributed by atoms with Crippen molar-refractivity contribution in [3.8, 4) is 22.8 Å². The Morgan fingerprint density at radius 1 is 1.08 bits per heavy atom. The van der Waals surface area contributed by atoms with Gasteiger partial charge in [0, 0.05) is 29.6 Å². The number of nitrogens with zero attached hydrogens (tertiary/aromatic N) is 4. The van der Waals surface area contributed by atoms with Crippen molar-refractivity contribution in [1.82, 2.24) is 15.0 Å². The number of rotatable bonds is 4. The first-order valence-corrected chi connectivity index (χ1v) is 7.00. The molecule has 0 aliphatic heterocycles. The lowest BCUT2D eigenvalue weighted by Gasteiger charge is -2.11. The van der Waals surface area contributed by atoms with Gasteiger partial charge < -0.3 is 20.6 Å². The second kappa shape index (κ2) is 6.29. The smallest absolute Gasteiger partial charge is 0.363 e. The second-order valence-electron chi connectivity index (χ2n) is 4.97. The van der Waals surface area contributed by atoms with E-state index >= 15 is 0 Å². The van der Waals surface area contributed by atoms with E-state index in [0.29, 0.717) is 17.3 Å². The Morgan fingerprint density at radius 2 is 1.92 bits per heavy atom. The molecule has 0 saturated heterocycles. The van der Waals surface area contributed by atoms with Crippen molar-refractivity contribution in [1.29, 1.82) is 0 Å². The normalized spacial score (nSPS) is 10.4. The van der Waals surface area contributed by atoms with Gasteiger partial charge in [0.05, 0.1) is 5.69 Å². The molecular weight excluding hydrogens is 310 g/mol. The summed E-state index contributed by atoms with van der Waals surface area (Å²) in [4.78, 5) is 22.2. The molecular formula is C16H13N5O3. The van der Waals surface area contributed by atoms with Crippen molar-refractivity contribution in [3.05, 3.63) is 64.6 Å². The van der Waals surface area contributed by atoms with Crippen molar-refractivity contribution < 1.29 is 9.66 Å². The summed E-state index contributed by atoms with van der Waals surface area (Å²) in [5.74, 6) is 1.17. The highest BCUT2D eigenvalue weighted by Gasteiger charge is 2.12. The molecule has 0 radical (unpaired) electrons. The fourth-order valence-electron chi connectivity index (χ4n) is 2.13. The maximum absolute atomic E-state index is 10.6. The van der Waals surface area contributed by atoms with Gasteiger partial charge in [-0.25, -0.2) is 4.98 Å². The van der Waals surface area contributed by atoms with E-state index in [2.05, 4.69) is 15.0 Å². The summed E-state index contributed by atoms with van der Waals surface area (Å²) in [6.45, 7) is 1.87. The monoisotopic (exact) mass is 323 g/mol. The lowest BCUT2D eigenvalue weighted by molar-refractivity contribution is -0.389. The number of nitrogen functional groups attached to an aromatic ring is 1. The fourth-order valence-corrected chi connectivity index (χ4v) is 2.13. The maximum atomic E-state index is 10.6. The van der Waals surface area contributed by atoms with Gasteiger partial charge >= 0.3 is 5.82 Å². The minimum absolute atomic E-state index is 0.234. The lowest BCUT2D eigenvalue weighted by atomic mass is 10.1. The van der Waals surface area contributed by atoms with Crippen LogP contribution < -0.4 is 10.5 Å². The van der Waals surface area contributed by atoms with Gasteiger partial charge in [-0.3, -0.25) is 4.98 Å². The van der Waals surface area contributed by atoms with Gasteiger partial charge in [0.1, 0.15) is 11.6 Å². The summed E-state index contributed by atoms with van der Waals surface area (Å²) in [7, 11) is 0. The van der Waals surface area contributed by atoms with E-state index in [-0.39, 0.29) is 5.82 Å². The van der Waals surface area contributed by atoms with E-state index in [4.69, 9.17) is 10.5 Å². The van der Waals surface area contributed by atoms with Gasteiger partial charge in [0.15, 0.2) is 11.9 Å². The molecule has 8 heteroatoms. The summed E-state index contributed by atoms with van der Waals surface area (Å²) in [5.41, 5.74) is 7.94. The van der Waals surface area contributed by atoms with E-state index < -0.39 is 4.92 Å². The van der Waals surface area contributed by atoms with Gasteiger partial charge in [0.2, 0.25) is 0 Å². The molecule has 0 unspecified atom stereocenters. The molecule has 0 spiro atoms. The first kappa shape index (κ1) is 15.3. The van der Waals surface area contributed by atoms with Crippen molar-refractivity contribution >= 4 is 11.6 Å². The predicted octanol–water partition coefficient (Wildman–Crippen LogP) is 3.13. The van der Waals surface area contributed by atoms with Crippen molar-refractivity contribution in [3.63, 3.8) is 0 Å². The van der Waals surface area contributed by atoms with Crippen LogP contribution >= 0.6 is 0 Å². The third-order valence-corrected chi connectivity index (χ3v) is 3.35. The second-order valence-corrected chi connectivity index (χ2v) is 4.97. The summed E-state index contributed by atoms with van der Waals surface area (Å²) in [6.07, 6.45) is 4.57. The number of aromatic nitrogens is 3. The Bertz CT molecular complexity index is 879. The molecule has 2 N–H and O–H groups in total. The number of ether oxygens (including phenoxy) is 1. The van der Waals surface area contributed by atoms with Crippen molar-refractivity contribution in [2.45, 2.75) is 6.92 Å². The zero-order valence-electron chi connectivity index (χ0n) is 12.7.